The van der Waals surface area contributed by atoms with Crippen molar-refractivity contribution in [2.45, 2.75) is 30.5 Å². The van der Waals surface area contributed by atoms with Gasteiger partial charge in [-0.1, -0.05) is 6.42 Å². The summed E-state index contributed by atoms with van der Waals surface area (Å²) in [6, 6.07) is 2.43. The molecule has 0 aliphatic heterocycles. The van der Waals surface area contributed by atoms with E-state index in [1.54, 1.807) is 0 Å². The van der Waals surface area contributed by atoms with Gasteiger partial charge in [-0.3, -0.25) is 0 Å². The molecule has 1 aromatic rings. The fourth-order valence-electron chi connectivity index (χ4n) is 1.20. The molecule has 0 unspecified atom stereocenters. The minimum atomic E-state index is -4.32. The van der Waals surface area contributed by atoms with Gasteiger partial charge < -0.3 is 5.11 Å². The van der Waals surface area contributed by atoms with Crippen molar-refractivity contribution >= 4 is 11.8 Å². The molecule has 6 heteroatoms. The average Bonchev–Trinajstić information content (AvgIpc) is 2.28. The van der Waals surface area contributed by atoms with E-state index >= 15 is 0 Å². The number of halogens is 3. The first-order valence-corrected chi connectivity index (χ1v) is 6.29. The monoisotopic (exact) mass is 265 g/mol. The Balaban J connectivity index is 2.36. The van der Waals surface area contributed by atoms with Crippen LogP contribution in [0.1, 0.15) is 24.8 Å². The van der Waals surface area contributed by atoms with Gasteiger partial charge in [-0.2, -0.15) is 13.2 Å². The van der Waals surface area contributed by atoms with Crippen LogP contribution < -0.4 is 0 Å². The SMILES string of the molecule is OCCCCCSc1ccc(C(F)(F)F)cn1. The molecule has 0 spiro atoms. The lowest BCUT2D eigenvalue weighted by atomic mass is 10.3. The zero-order valence-electron chi connectivity index (χ0n) is 9.20. The molecule has 96 valence electrons. The van der Waals surface area contributed by atoms with Crippen LogP contribution in [0.5, 0.6) is 0 Å². The summed E-state index contributed by atoms with van der Waals surface area (Å²) in [6.07, 6.45) is -0.855. The van der Waals surface area contributed by atoms with Crippen LogP contribution in [0.25, 0.3) is 0 Å². The number of aromatic nitrogens is 1. The van der Waals surface area contributed by atoms with E-state index in [-0.39, 0.29) is 6.61 Å². The van der Waals surface area contributed by atoms with Gasteiger partial charge in [-0.25, -0.2) is 4.98 Å². The second kappa shape index (κ2) is 6.86. The number of hydrogen-bond donors (Lipinski definition) is 1. The Kier molecular flexibility index (Phi) is 5.77. The molecule has 0 fully saturated rings. The minimum absolute atomic E-state index is 0.184. The van der Waals surface area contributed by atoms with Crippen LogP contribution in [0.15, 0.2) is 23.4 Å². The summed E-state index contributed by atoms with van der Waals surface area (Å²) < 4.78 is 36.7. The predicted octanol–water partition coefficient (Wildman–Crippen LogP) is 3.36. The Bertz CT molecular complexity index is 326. The summed E-state index contributed by atoms with van der Waals surface area (Å²) in [5, 5.41) is 9.16. The number of thioether (sulfide) groups is 1. The highest BCUT2D eigenvalue weighted by atomic mass is 32.2. The molecule has 0 bridgehead atoms. The third kappa shape index (κ3) is 5.41. The van der Waals surface area contributed by atoms with E-state index in [0.717, 1.165) is 37.3 Å². The third-order valence-electron chi connectivity index (χ3n) is 2.12. The third-order valence-corrected chi connectivity index (χ3v) is 3.15. The Morgan fingerprint density at radius 1 is 1.18 bits per heavy atom. The van der Waals surface area contributed by atoms with Crippen LogP contribution in [0.3, 0.4) is 0 Å². The normalized spacial score (nSPS) is 11.8. The maximum absolute atomic E-state index is 12.2. The molecule has 0 aliphatic carbocycles. The molecule has 1 heterocycles. The van der Waals surface area contributed by atoms with Crippen molar-refractivity contribution in [1.29, 1.82) is 0 Å². The molecule has 0 radical (unpaired) electrons. The van der Waals surface area contributed by atoms with E-state index in [4.69, 9.17) is 5.11 Å². The fraction of sp³-hybridized carbons (Fsp3) is 0.545. The van der Waals surface area contributed by atoms with Crippen molar-refractivity contribution in [3.8, 4) is 0 Å². The highest BCUT2D eigenvalue weighted by Crippen LogP contribution is 2.29. The van der Waals surface area contributed by atoms with E-state index in [1.165, 1.54) is 17.8 Å². The summed E-state index contributed by atoms with van der Waals surface area (Å²) in [4.78, 5) is 3.76. The first kappa shape index (κ1) is 14.3. The number of pyridine rings is 1. The zero-order chi connectivity index (χ0) is 12.7. The topological polar surface area (TPSA) is 33.1 Å². The first-order chi connectivity index (χ1) is 8.04. The van der Waals surface area contributed by atoms with E-state index in [1.807, 2.05) is 0 Å². The maximum atomic E-state index is 12.2. The molecule has 0 saturated carbocycles. The molecular formula is C11H14F3NOS. The van der Waals surface area contributed by atoms with Crippen LogP contribution in [-0.2, 0) is 6.18 Å². The molecule has 1 aromatic heterocycles. The second-order valence-electron chi connectivity index (χ2n) is 3.52. The summed E-state index contributed by atoms with van der Waals surface area (Å²) >= 11 is 1.43. The molecule has 0 saturated heterocycles. The van der Waals surface area contributed by atoms with E-state index < -0.39 is 11.7 Å². The van der Waals surface area contributed by atoms with Crippen LogP contribution in [0.4, 0.5) is 13.2 Å². The van der Waals surface area contributed by atoms with Crippen LogP contribution in [0.2, 0.25) is 0 Å². The Morgan fingerprint density at radius 2 is 1.94 bits per heavy atom. The van der Waals surface area contributed by atoms with Gasteiger partial charge in [0.2, 0.25) is 0 Å². The van der Waals surface area contributed by atoms with Crippen LogP contribution >= 0.6 is 11.8 Å². The van der Waals surface area contributed by atoms with Crippen molar-refractivity contribution in [2.24, 2.45) is 0 Å². The van der Waals surface area contributed by atoms with E-state index in [0.29, 0.717) is 5.03 Å². The fourth-order valence-corrected chi connectivity index (χ4v) is 2.05. The summed E-state index contributed by atoms with van der Waals surface area (Å²) in [6.45, 7) is 0.184. The molecular weight excluding hydrogens is 251 g/mol. The summed E-state index contributed by atoms with van der Waals surface area (Å²) in [5.74, 6) is 0.804. The molecule has 0 aromatic carbocycles. The van der Waals surface area contributed by atoms with Crippen LogP contribution in [-0.4, -0.2) is 22.5 Å². The molecule has 2 nitrogen and oxygen atoms in total. The lowest BCUT2D eigenvalue weighted by molar-refractivity contribution is -0.137. The van der Waals surface area contributed by atoms with Gasteiger partial charge >= 0.3 is 6.18 Å². The highest BCUT2D eigenvalue weighted by molar-refractivity contribution is 7.99. The Labute approximate surface area is 102 Å². The van der Waals surface area contributed by atoms with Gasteiger partial charge in [0.25, 0.3) is 0 Å². The second-order valence-corrected chi connectivity index (χ2v) is 4.63. The Hall–Kier alpha value is -0.750. The van der Waals surface area contributed by atoms with Crippen molar-refractivity contribution in [3.63, 3.8) is 0 Å². The average molecular weight is 265 g/mol. The maximum Gasteiger partial charge on any atom is 0.417 e. The predicted molar refractivity (Wildman–Crippen MR) is 60.9 cm³/mol. The lowest BCUT2D eigenvalue weighted by Crippen LogP contribution is -2.05. The quantitative estimate of drug-likeness (QED) is 0.632. The standard InChI is InChI=1S/C11H14F3NOS/c12-11(13,14)9-4-5-10(15-8-9)17-7-3-1-2-6-16/h4-5,8,16H,1-3,6-7H2. The number of unbranched alkanes of at least 4 members (excludes halogenated alkanes) is 2. The van der Waals surface area contributed by atoms with Gasteiger partial charge in [0.05, 0.1) is 10.6 Å². The molecule has 1 rings (SSSR count). The number of hydrogen-bond acceptors (Lipinski definition) is 3. The number of alkyl halides is 3. The molecule has 17 heavy (non-hydrogen) atoms. The smallest absolute Gasteiger partial charge is 0.396 e. The van der Waals surface area contributed by atoms with Crippen molar-refractivity contribution in [2.75, 3.05) is 12.4 Å². The lowest BCUT2D eigenvalue weighted by Gasteiger charge is -2.06. The number of aliphatic hydroxyl groups is 1. The van der Waals surface area contributed by atoms with E-state index in [2.05, 4.69) is 4.98 Å². The number of aliphatic hydroxyl groups excluding tert-OH is 1. The van der Waals surface area contributed by atoms with Gasteiger partial charge in [0, 0.05) is 12.8 Å². The molecule has 0 amide bonds. The van der Waals surface area contributed by atoms with Crippen molar-refractivity contribution in [1.82, 2.24) is 4.98 Å². The van der Waals surface area contributed by atoms with Gasteiger partial charge in [0.15, 0.2) is 0 Å². The number of nitrogens with zero attached hydrogens (tertiary/aromatic N) is 1. The molecule has 0 aliphatic rings. The van der Waals surface area contributed by atoms with Gasteiger partial charge in [-0.05, 0) is 30.7 Å². The largest absolute Gasteiger partial charge is 0.417 e. The minimum Gasteiger partial charge on any atom is -0.396 e. The van der Waals surface area contributed by atoms with Gasteiger partial charge in [-0.15, -0.1) is 11.8 Å². The van der Waals surface area contributed by atoms with Crippen molar-refractivity contribution in [3.05, 3.63) is 23.9 Å². The Morgan fingerprint density at radius 3 is 2.47 bits per heavy atom. The van der Waals surface area contributed by atoms with Crippen LogP contribution in [0, 0.1) is 0 Å². The van der Waals surface area contributed by atoms with Gasteiger partial charge in [0.1, 0.15) is 0 Å². The van der Waals surface area contributed by atoms with E-state index in [9.17, 15) is 13.2 Å². The first-order valence-electron chi connectivity index (χ1n) is 5.31. The number of rotatable bonds is 6. The highest BCUT2D eigenvalue weighted by Gasteiger charge is 2.30. The molecule has 0 atom stereocenters. The van der Waals surface area contributed by atoms with Crippen molar-refractivity contribution < 1.29 is 18.3 Å². The summed E-state index contributed by atoms with van der Waals surface area (Å²) in [5.41, 5.74) is -0.720. The zero-order valence-corrected chi connectivity index (χ0v) is 10.0. The summed E-state index contributed by atoms with van der Waals surface area (Å²) in [7, 11) is 0. The molecule has 1 N–H and O–H groups in total.